The van der Waals surface area contributed by atoms with Crippen LogP contribution in [0, 0.1) is 12.8 Å². The molecule has 4 heteroatoms. The molecule has 1 aromatic carbocycles. The van der Waals surface area contributed by atoms with Gasteiger partial charge < -0.3 is 15.4 Å². The van der Waals surface area contributed by atoms with Gasteiger partial charge >= 0.3 is 6.03 Å². The minimum Gasteiger partial charge on any atom is -0.492 e. The number of nitrogens with one attached hydrogen (secondary N) is 2. The van der Waals surface area contributed by atoms with E-state index in [2.05, 4.69) is 17.6 Å². The average molecular weight is 290 g/mol. The first-order valence-electron chi connectivity index (χ1n) is 7.91. The van der Waals surface area contributed by atoms with E-state index in [0.29, 0.717) is 12.5 Å². The zero-order valence-corrected chi connectivity index (χ0v) is 13.2. The number of urea groups is 1. The second-order valence-corrected chi connectivity index (χ2v) is 5.90. The van der Waals surface area contributed by atoms with Crippen LogP contribution in [0.15, 0.2) is 18.2 Å². The fourth-order valence-corrected chi connectivity index (χ4v) is 2.87. The molecule has 2 atom stereocenters. The lowest BCUT2D eigenvalue weighted by Crippen LogP contribution is -2.43. The zero-order valence-electron chi connectivity index (χ0n) is 13.2. The van der Waals surface area contributed by atoms with Crippen molar-refractivity contribution in [3.8, 4) is 5.75 Å². The van der Waals surface area contributed by atoms with Gasteiger partial charge in [-0.25, -0.2) is 4.79 Å². The third kappa shape index (κ3) is 4.38. The van der Waals surface area contributed by atoms with Crippen LogP contribution in [0.3, 0.4) is 0 Å². The minimum atomic E-state index is -0.140. The molecule has 0 spiro atoms. The third-order valence-electron chi connectivity index (χ3n) is 4.11. The number of ether oxygens (including phenoxy) is 1. The van der Waals surface area contributed by atoms with Crippen molar-refractivity contribution in [1.29, 1.82) is 0 Å². The highest BCUT2D eigenvalue weighted by molar-refractivity contribution is 5.91. The van der Waals surface area contributed by atoms with E-state index in [9.17, 15) is 4.79 Å². The second-order valence-electron chi connectivity index (χ2n) is 5.90. The molecular weight excluding hydrogens is 264 g/mol. The Balaban J connectivity index is 1.98. The number of benzene rings is 1. The van der Waals surface area contributed by atoms with Crippen LogP contribution in [0.5, 0.6) is 5.75 Å². The van der Waals surface area contributed by atoms with E-state index < -0.39 is 0 Å². The number of hydrogen-bond acceptors (Lipinski definition) is 2. The Morgan fingerprint density at radius 1 is 1.33 bits per heavy atom. The van der Waals surface area contributed by atoms with Gasteiger partial charge in [-0.2, -0.15) is 0 Å². The van der Waals surface area contributed by atoms with Gasteiger partial charge in [-0.15, -0.1) is 0 Å². The summed E-state index contributed by atoms with van der Waals surface area (Å²) >= 11 is 0. The Kier molecular flexibility index (Phi) is 5.48. The molecule has 1 fully saturated rings. The van der Waals surface area contributed by atoms with Crippen LogP contribution in [0.1, 0.15) is 45.1 Å². The molecule has 0 radical (unpaired) electrons. The van der Waals surface area contributed by atoms with Gasteiger partial charge in [-0.3, -0.25) is 0 Å². The molecule has 2 rings (SSSR count). The van der Waals surface area contributed by atoms with Crippen molar-refractivity contribution in [2.24, 2.45) is 5.92 Å². The van der Waals surface area contributed by atoms with Crippen LogP contribution < -0.4 is 15.4 Å². The SMILES string of the molecule is CCOc1cc(C)ccc1NC(=O)NC1CCCCC1C. The summed E-state index contributed by atoms with van der Waals surface area (Å²) in [5, 5.41) is 6.01. The number of carbonyl (C=O) groups is 1. The molecule has 1 aliphatic carbocycles. The van der Waals surface area contributed by atoms with Crippen LogP contribution >= 0.6 is 0 Å². The van der Waals surface area contributed by atoms with Crippen LogP contribution in [-0.2, 0) is 0 Å². The maximum Gasteiger partial charge on any atom is 0.319 e. The van der Waals surface area contributed by atoms with Gasteiger partial charge in [0, 0.05) is 6.04 Å². The van der Waals surface area contributed by atoms with Crippen molar-refractivity contribution in [1.82, 2.24) is 5.32 Å². The molecule has 21 heavy (non-hydrogen) atoms. The molecule has 1 saturated carbocycles. The quantitative estimate of drug-likeness (QED) is 0.877. The van der Waals surface area contributed by atoms with Gasteiger partial charge in [0.25, 0.3) is 0 Å². The summed E-state index contributed by atoms with van der Waals surface area (Å²) in [6.07, 6.45) is 4.73. The number of rotatable bonds is 4. The summed E-state index contributed by atoms with van der Waals surface area (Å²) in [5.41, 5.74) is 1.84. The van der Waals surface area contributed by atoms with Crippen molar-refractivity contribution >= 4 is 11.7 Å². The summed E-state index contributed by atoms with van der Waals surface area (Å²) in [5.74, 6) is 1.28. The van der Waals surface area contributed by atoms with Gasteiger partial charge in [0.15, 0.2) is 0 Å². The summed E-state index contributed by atoms with van der Waals surface area (Å²) in [6.45, 7) is 6.74. The first kappa shape index (κ1) is 15.7. The number of aryl methyl sites for hydroxylation is 1. The fraction of sp³-hybridized carbons (Fsp3) is 0.588. The molecule has 116 valence electrons. The Labute approximate surface area is 127 Å². The Hall–Kier alpha value is -1.71. The number of carbonyl (C=O) groups excluding carboxylic acids is 1. The minimum absolute atomic E-state index is 0.140. The molecule has 1 aliphatic rings. The molecule has 0 aliphatic heterocycles. The molecule has 4 nitrogen and oxygen atoms in total. The van der Waals surface area contributed by atoms with Crippen molar-refractivity contribution in [3.05, 3.63) is 23.8 Å². The zero-order chi connectivity index (χ0) is 15.2. The Morgan fingerprint density at radius 3 is 2.81 bits per heavy atom. The summed E-state index contributed by atoms with van der Waals surface area (Å²) in [7, 11) is 0. The van der Waals surface area contributed by atoms with E-state index in [1.807, 2.05) is 32.0 Å². The summed E-state index contributed by atoms with van der Waals surface area (Å²) in [6, 6.07) is 5.95. The maximum absolute atomic E-state index is 12.2. The molecule has 0 heterocycles. The molecule has 2 N–H and O–H groups in total. The lowest BCUT2D eigenvalue weighted by Gasteiger charge is -2.29. The van der Waals surface area contributed by atoms with Crippen LogP contribution in [-0.4, -0.2) is 18.7 Å². The second kappa shape index (κ2) is 7.34. The number of hydrogen-bond donors (Lipinski definition) is 2. The van der Waals surface area contributed by atoms with E-state index in [1.165, 1.54) is 19.3 Å². The van der Waals surface area contributed by atoms with E-state index in [1.54, 1.807) is 0 Å². The van der Waals surface area contributed by atoms with E-state index in [-0.39, 0.29) is 12.1 Å². The van der Waals surface area contributed by atoms with Gasteiger partial charge in [-0.1, -0.05) is 25.8 Å². The van der Waals surface area contributed by atoms with Gasteiger partial charge in [0.05, 0.1) is 12.3 Å². The Morgan fingerprint density at radius 2 is 2.10 bits per heavy atom. The van der Waals surface area contributed by atoms with Crippen LogP contribution in [0.4, 0.5) is 10.5 Å². The van der Waals surface area contributed by atoms with E-state index >= 15 is 0 Å². The normalized spacial score (nSPS) is 21.7. The lowest BCUT2D eigenvalue weighted by atomic mass is 9.86. The number of anilines is 1. The van der Waals surface area contributed by atoms with Gasteiger partial charge in [0.1, 0.15) is 5.75 Å². The predicted molar refractivity (Wildman–Crippen MR) is 85.9 cm³/mol. The van der Waals surface area contributed by atoms with Gasteiger partial charge in [0.2, 0.25) is 0 Å². The topological polar surface area (TPSA) is 50.4 Å². The van der Waals surface area contributed by atoms with Crippen molar-refractivity contribution in [3.63, 3.8) is 0 Å². The fourth-order valence-electron chi connectivity index (χ4n) is 2.87. The highest BCUT2D eigenvalue weighted by atomic mass is 16.5. The highest BCUT2D eigenvalue weighted by Gasteiger charge is 2.23. The number of amides is 2. The Bertz CT molecular complexity index is 488. The molecule has 2 amide bonds. The van der Waals surface area contributed by atoms with Crippen molar-refractivity contribution < 1.29 is 9.53 Å². The molecule has 0 aromatic heterocycles. The van der Waals surface area contributed by atoms with Crippen molar-refractivity contribution in [2.75, 3.05) is 11.9 Å². The monoisotopic (exact) mass is 290 g/mol. The van der Waals surface area contributed by atoms with Crippen molar-refractivity contribution in [2.45, 2.75) is 52.5 Å². The first-order chi connectivity index (χ1) is 10.1. The largest absolute Gasteiger partial charge is 0.492 e. The molecule has 0 bridgehead atoms. The smallest absolute Gasteiger partial charge is 0.319 e. The molecule has 1 aromatic rings. The molecule has 2 unspecified atom stereocenters. The predicted octanol–water partition coefficient (Wildman–Crippen LogP) is 4.09. The lowest BCUT2D eigenvalue weighted by molar-refractivity contribution is 0.232. The highest BCUT2D eigenvalue weighted by Crippen LogP contribution is 2.27. The van der Waals surface area contributed by atoms with Crippen LogP contribution in [0.2, 0.25) is 0 Å². The standard InChI is InChI=1S/C17H26N2O2/c1-4-21-16-11-12(2)9-10-15(16)19-17(20)18-14-8-6-5-7-13(14)3/h9-11,13-14H,4-8H2,1-3H3,(H2,18,19,20). The average Bonchev–Trinajstić information content (AvgIpc) is 2.45. The maximum atomic E-state index is 12.2. The molecule has 0 saturated heterocycles. The summed E-state index contributed by atoms with van der Waals surface area (Å²) in [4.78, 5) is 12.2. The van der Waals surface area contributed by atoms with E-state index in [0.717, 1.165) is 23.4 Å². The third-order valence-corrected chi connectivity index (χ3v) is 4.11. The van der Waals surface area contributed by atoms with Crippen LogP contribution in [0.25, 0.3) is 0 Å². The summed E-state index contributed by atoms with van der Waals surface area (Å²) < 4.78 is 5.59. The van der Waals surface area contributed by atoms with Gasteiger partial charge in [-0.05, 0) is 50.3 Å². The molecular formula is C17H26N2O2. The first-order valence-corrected chi connectivity index (χ1v) is 7.91. The van der Waals surface area contributed by atoms with E-state index in [4.69, 9.17) is 4.74 Å².